The van der Waals surface area contributed by atoms with Crippen LogP contribution in [0.15, 0.2) is 35.2 Å². The maximum absolute atomic E-state index is 13.5. The number of sulfonamides is 1. The number of rotatable bonds is 3. The van der Waals surface area contributed by atoms with Crippen molar-refractivity contribution in [1.29, 1.82) is 0 Å². The Kier molecular flexibility index (Phi) is 4.32. The molecule has 2 aromatic rings. The summed E-state index contributed by atoms with van der Waals surface area (Å²) in [5.74, 6) is -0.640. The van der Waals surface area contributed by atoms with Gasteiger partial charge in [0.25, 0.3) is 10.0 Å². The number of halogens is 3. The van der Waals surface area contributed by atoms with Gasteiger partial charge in [0, 0.05) is 5.02 Å². The van der Waals surface area contributed by atoms with Gasteiger partial charge in [0.2, 0.25) is 0 Å². The maximum atomic E-state index is 13.5. The van der Waals surface area contributed by atoms with E-state index >= 15 is 0 Å². The summed E-state index contributed by atoms with van der Waals surface area (Å²) in [5.41, 5.74) is 5.52. The molecule has 8 heteroatoms. The smallest absolute Gasteiger partial charge is 0.262 e. The first-order chi connectivity index (χ1) is 9.70. The van der Waals surface area contributed by atoms with Crippen molar-refractivity contribution in [3.63, 3.8) is 0 Å². The highest BCUT2D eigenvalue weighted by molar-refractivity contribution is 7.92. The minimum Gasteiger partial charge on any atom is -0.396 e. The molecule has 112 valence electrons. The van der Waals surface area contributed by atoms with Gasteiger partial charge in [0.05, 0.1) is 21.3 Å². The molecular formula is C13H11Cl2FN2O2S. The van der Waals surface area contributed by atoms with Crippen LogP contribution in [0.5, 0.6) is 0 Å². The molecule has 2 rings (SSSR count). The zero-order valence-corrected chi connectivity index (χ0v) is 13.2. The Morgan fingerprint density at radius 3 is 2.43 bits per heavy atom. The van der Waals surface area contributed by atoms with Crippen LogP contribution in [-0.2, 0) is 10.0 Å². The van der Waals surface area contributed by atoms with Gasteiger partial charge in [-0.15, -0.1) is 0 Å². The lowest BCUT2D eigenvalue weighted by Crippen LogP contribution is -2.14. The number of nitrogen functional groups attached to an aromatic ring is 1. The third kappa shape index (κ3) is 3.40. The number of benzene rings is 2. The minimum atomic E-state index is -3.93. The molecule has 4 nitrogen and oxygen atoms in total. The van der Waals surface area contributed by atoms with Gasteiger partial charge in [0.1, 0.15) is 5.82 Å². The van der Waals surface area contributed by atoms with Crippen molar-refractivity contribution in [2.24, 2.45) is 0 Å². The number of hydrogen-bond acceptors (Lipinski definition) is 3. The van der Waals surface area contributed by atoms with Crippen molar-refractivity contribution in [3.05, 3.63) is 51.8 Å². The van der Waals surface area contributed by atoms with Gasteiger partial charge in [-0.3, -0.25) is 4.72 Å². The second-order valence-electron chi connectivity index (χ2n) is 4.37. The molecule has 2 aromatic carbocycles. The van der Waals surface area contributed by atoms with Crippen LogP contribution in [0.4, 0.5) is 15.8 Å². The number of nitrogens with one attached hydrogen (secondary N) is 1. The Morgan fingerprint density at radius 1 is 1.19 bits per heavy atom. The largest absolute Gasteiger partial charge is 0.396 e. The fraction of sp³-hybridized carbons (Fsp3) is 0.0769. The van der Waals surface area contributed by atoms with Crippen LogP contribution in [0.3, 0.4) is 0 Å². The molecule has 0 saturated carbocycles. The van der Waals surface area contributed by atoms with Gasteiger partial charge < -0.3 is 5.73 Å². The Hall–Kier alpha value is -1.50. The third-order valence-electron chi connectivity index (χ3n) is 2.74. The quantitative estimate of drug-likeness (QED) is 0.828. The number of anilines is 2. The van der Waals surface area contributed by atoms with E-state index in [0.29, 0.717) is 5.02 Å². The topological polar surface area (TPSA) is 72.2 Å². The predicted octanol–water partition coefficient (Wildman–Crippen LogP) is 3.82. The van der Waals surface area contributed by atoms with Crippen molar-refractivity contribution in [1.82, 2.24) is 0 Å². The Labute approximate surface area is 131 Å². The molecule has 0 saturated heterocycles. The molecule has 0 fully saturated rings. The van der Waals surface area contributed by atoms with Crippen LogP contribution >= 0.6 is 23.2 Å². The van der Waals surface area contributed by atoms with Crippen LogP contribution in [0, 0.1) is 12.7 Å². The second kappa shape index (κ2) is 5.71. The second-order valence-corrected chi connectivity index (χ2v) is 6.90. The highest BCUT2D eigenvalue weighted by Crippen LogP contribution is 2.28. The normalized spacial score (nSPS) is 11.4. The SMILES string of the molecule is Cc1cc(S(=O)(=O)Nc2ccc(Cl)cc2Cl)cc(N)c1F. The highest BCUT2D eigenvalue weighted by Gasteiger charge is 2.18. The summed E-state index contributed by atoms with van der Waals surface area (Å²) in [6.45, 7) is 1.43. The molecule has 0 aliphatic heterocycles. The van der Waals surface area contributed by atoms with Gasteiger partial charge in [-0.05, 0) is 42.8 Å². The number of nitrogens with two attached hydrogens (primary N) is 1. The lowest BCUT2D eigenvalue weighted by molar-refractivity contribution is 0.599. The summed E-state index contributed by atoms with van der Waals surface area (Å²) >= 11 is 11.7. The van der Waals surface area contributed by atoms with E-state index in [1.54, 1.807) is 0 Å². The zero-order chi connectivity index (χ0) is 15.8. The first kappa shape index (κ1) is 15.9. The molecule has 0 heterocycles. The molecule has 0 radical (unpaired) electrons. The fourth-order valence-electron chi connectivity index (χ4n) is 1.69. The van der Waals surface area contributed by atoms with E-state index in [9.17, 15) is 12.8 Å². The molecule has 0 atom stereocenters. The van der Waals surface area contributed by atoms with Gasteiger partial charge in [-0.1, -0.05) is 23.2 Å². The molecule has 0 aromatic heterocycles. The first-order valence-corrected chi connectivity index (χ1v) is 7.98. The fourth-order valence-corrected chi connectivity index (χ4v) is 3.40. The van der Waals surface area contributed by atoms with Crippen molar-refractivity contribution < 1.29 is 12.8 Å². The van der Waals surface area contributed by atoms with Crippen LogP contribution < -0.4 is 10.5 Å². The minimum absolute atomic E-state index is 0.137. The molecule has 0 amide bonds. The summed E-state index contributed by atoms with van der Waals surface area (Å²) < 4.78 is 40.3. The van der Waals surface area contributed by atoms with E-state index in [4.69, 9.17) is 28.9 Å². The summed E-state index contributed by atoms with van der Waals surface area (Å²) in [6, 6.07) is 6.58. The van der Waals surface area contributed by atoms with E-state index in [2.05, 4.69) is 4.72 Å². The van der Waals surface area contributed by atoms with E-state index in [1.165, 1.54) is 31.2 Å². The van der Waals surface area contributed by atoms with Gasteiger partial charge in [0.15, 0.2) is 0 Å². The van der Waals surface area contributed by atoms with E-state index < -0.39 is 15.8 Å². The summed E-state index contributed by atoms with van der Waals surface area (Å²) in [4.78, 5) is -0.148. The average molecular weight is 349 g/mol. The van der Waals surface area contributed by atoms with Crippen LogP contribution in [0.25, 0.3) is 0 Å². The van der Waals surface area contributed by atoms with Crippen LogP contribution in [0.1, 0.15) is 5.56 Å². The molecular weight excluding hydrogens is 338 g/mol. The molecule has 0 aliphatic carbocycles. The average Bonchev–Trinajstić information content (AvgIpc) is 2.38. The Morgan fingerprint density at radius 2 is 1.86 bits per heavy atom. The number of aryl methyl sites for hydroxylation is 1. The standard InChI is InChI=1S/C13H11Cl2FN2O2S/c1-7-4-9(6-11(17)13(7)16)21(19,20)18-12-3-2-8(14)5-10(12)15/h2-6,18H,17H2,1H3. The van der Waals surface area contributed by atoms with Crippen molar-refractivity contribution >= 4 is 44.6 Å². The lowest BCUT2D eigenvalue weighted by Gasteiger charge is -2.11. The highest BCUT2D eigenvalue weighted by atomic mass is 35.5. The summed E-state index contributed by atoms with van der Waals surface area (Å²) in [5, 5.41) is 0.530. The van der Waals surface area contributed by atoms with Gasteiger partial charge in [-0.25, -0.2) is 12.8 Å². The monoisotopic (exact) mass is 348 g/mol. The predicted molar refractivity (Wildman–Crippen MR) is 82.8 cm³/mol. The van der Waals surface area contributed by atoms with Gasteiger partial charge >= 0.3 is 0 Å². The first-order valence-electron chi connectivity index (χ1n) is 5.74. The van der Waals surface area contributed by atoms with Crippen LogP contribution in [-0.4, -0.2) is 8.42 Å². The molecule has 0 unspecified atom stereocenters. The molecule has 3 N–H and O–H groups in total. The van der Waals surface area contributed by atoms with E-state index in [0.717, 1.165) is 6.07 Å². The van der Waals surface area contributed by atoms with Gasteiger partial charge in [-0.2, -0.15) is 0 Å². The summed E-state index contributed by atoms with van der Waals surface area (Å²) in [7, 11) is -3.93. The molecule has 21 heavy (non-hydrogen) atoms. The van der Waals surface area contributed by atoms with E-state index in [-0.39, 0.29) is 26.9 Å². The van der Waals surface area contributed by atoms with Crippen molar-refractivity contribution in [2.75, 3.05) is 10.5 Å². The van der Waals surface area contributed by atoms with Crippen molar-refractivity contribution in [3.8, 4) is 0 Å². The Bertz CT molecular complexity index is 787. The number of hydrogen-bond donors (Lipinski definition) is 2. The molecule has 0 bridgehead atoms. The van der Waals surface area contributed by atoms with Crippen LogP contribution in [0.2, 0.25) is 10.0 Å². The molecule has 0 aliphatic rings. The maximum Gasteiger partial charge on any atom is 0.262 e. The van der Waals surface area contributed by atoms with Crippen molar-refractivity contribution in [2.45, 2.75) is 11.8 Å². The third-order valence-corrected chi connectivity index (χ3v) is 4.63. The van der Waals surface area contributed by atoms with E-state index in [1.807, 2.05) is 0 Å². The summed E-state index contributed by atoms with van der Waals surface area (Å²) in [6.07, 6.45) is 0. The molecule has 0 spiro atoms. The Balaban J connectivity index is 2.43. The zero-order valence-electron chi connectivity index (χ0n) is 10.8. The lowest BCUT2D eigenvalue weighted by atomic mass is 10.2.